The predicted molar refractivity (Wildman–Crippen MR) is 243 cm³/mol. The van der Waals surface area contributed by atoms with Crippen molar-refractivity contribution in [1.82, 2.24) is 0 Å². The molecule has 0 fully saturated rings. The van der Waals surface area contributed by atoms with Gasteiger partial charge in [0.05, 0.1) is 0 Å². The second kappa shape index (κ2) is 12.0. The quantitative estimate of drug-likeness (QED) is 0.170. The van der Waals surface area contributed by atoms with Crippen molar-refractivity contribution in [3.05, 3.63) is 205 Å². The second-order valence-electron chi connectivity index (χ2n) is 16.3. The normalized spacial score (nSPS) is 13.2. The molecule has 0 aliphatic heterocycles. The molecule has 0 amide bonds. The largest absolute Gasteiger partial charge is 0.0622 e. The molecule has 266 valence electrons. The van der Waals surface area contributed by atoms with E-state index in [2.05, 4.69) is 208 Å². The highest BCUT2D eigenvalue weighted by molar-refractivity contribution is 6.27. The van der Waals surface area contributed by atoms with E-state index in [9.17, 15) is 0 Å². The summed E-state index contributed by atoms with van der Waals surface area (Å²) in [7, 11) is 0. The van der Waals surface area contributed by atoms with Gasteiger partial charge in [-0.15, -0.1) is 0 Å². The Morgan fingerprint density at radius 2 is 0.807 bits per heavy atom. The fourth-order valence-electron chi connectivity index (χ4n) is 10.5. The molecule has 2 aliphatic carbocycles. The summed E-state index contributed by atoms with van der Waals surface area (Å²) in [6.07, 6.45) is 0. The van der Waals surface area contributed by atoms with Gasteiger partial charge in [0, 0.05) is 5.41 Å². The lowest BCUT2D eigenvalue weighted by atomic mass is 9.68. The third-order valence-corrected chi connectivity index (χ3v) is 13.0. The molecule has 2 aliphatic rings. The molecule has 0 bridgehead atoms. The monoisotopic (exact) mass is 722 g/mol. The molecule has 0 saturated carbocycles. The first kappa shape index (κ1) is 32.2. The minimum absolute atomic E-state index is 0.116. The zero-order valence-corrected chi connectivity index (χ0v) is 32.0. The van der Waals surface area contributed by atoms with E-state index in [1.54, 1.807) is 0 Å². The van der Waals surface area contributed by atoms with Crippen LogP contribution < -0.4 is 0 Å². The van der Waals surface area contributed by atoms with Crippen LogP contribution in [0.3, 0.4) is 0 Å². The molecule has 0 N–H and O–H groups in total. The van der Waals surface area contributed by atoms with Crippen LogP contribution in [-0.4, -0.2) is 0 Å². The van der Waals surface area contributed by atoms with Crippen LogP contribution in [0.5, 0.6) is 0 Å². The van der Waals surface area contributed by atoms with Crippen LogP contribution in [0.15, 0.2) is 194 Å². The molecule has 0 aromatic heterocycles. The van der Waals surface area contributed by atoms with Crippen molar-refractivity contribution in [2.24, 2.45) is 0 Å². The lowest BCUT2D eigenvalue weighted by Crippen LogP contribution is -2.23. The Balaban J connectivity index is 1.21. The van der Waals surface area contributed by atoms with Gasteiger partial charge in [-0.05, 0) is 140 Å². The molecule has 0 saturated heterocycles. The Bertz CT molecular complexity index is 3290. The summed E-state index contributed by atoms with van der Waals surface area (Å²) < 4.78 is 0. The third kappa shape index (κ3) is 4.56. The van der Waals surface area contributed by atoms with Gasteiger partial charge in [-0.3, -0.25) is 0 Å². The third-order valence-electron chi connectivity index (χ3n) is 13.0. The van der Waals surface area contributed by atoms with Crippen molar-refractivity contribution >= 4 is 32.3 Å². The number of hydrogen-bond acceptors (Lipinski definition) is 0. The Kier molecular flexibility index (Phi) is 6.78. The summed E-state index contributed by atoms with van der Waals surface area (Å²) in [5.74, 6) is 0. The molecule has 0 unspecified atom stereocenters. The van der Waals surface area contributed by atoms with E-state index < -0.39 is 0 Å². The van der Waals surface area contributed by atoms with Crippen LogP contribution in [0.1, 0.15) is 25.0 Å². The molecule has 0 spiro atoms. The Labute approximate surface area is 333 Å². The number of fused-ring (bicyclic) bond motifs is 6. The van der Waals surface area contributed by atoms with E-state index in [1.165, 1.54) is 121 Å². The summed E-state index contributed by atoms with van der Waals surface area (Å²) in [6.45, 7) is 4.77. The minimum atomic E-state index is -0.116. The highest BCUT2D eigenvalue weighted by Gasteiger charge is 2.34. The van der Waals surface area contributed by atoms with E-state index in [1.807, 2.05) is 0 Å². The van der Waals surface area contributed by atoms with E-state index in [0.29, 0.717) is 0 Å². The Morgan fingerprint density at radius 3 is 1.53 bits per heavy atom. The molecule has 0 heteroatoms. The fourth-order valence-corrected chi connectivity index (χ4v) is 10.5. The zero-order chi connectivity index (χ0) is 37.8. The highest BCUT2D eigenvalue weighted by Crippen LogP contribution is 2.58. The summed E-state index contributed by atoms with van der Waals surface area (Å²) in [5.41, 5.74) is 20.6. The van der Waals surface area contributed by atoms with Crippen LogP contribution >= 0.6 is 0 Å². The SMILES string of the molecule is CC1(C)c2ccccc2-c2cccc3c(-c4cc(-c5ccccc5)cc(-c5c6c(c(-c7ccccc7)c7ccccc57)-c5cccc7cccc-6c57)c4)ccc1c23. The van der Waals surface area contributed by atoms with Gasteiger partial charge in [-0.1, -0.05) is 190 Å². The topological polar surface area (TPSA) is 0 Å². The number of benzene rings is 10. The maximum absolute atomic E-state index is 2.48. The minimum Gasteiger partial charge on any atom is -0.0622 e. The molecular weight excluding hydrogens is 685 g/mol. The maximum atomic E-state index is 2.48. The molecule has 0 radical (unpaired) electrons. The summed E-state index contributed by atoms with van der Waals surface area (Å²) in [6, 6.07) is 72.7. The Morgan fingerprint density at radius 1 is 0.281 bits per heavy atom. The van der Waals surface area contributed by atoms with Crippen molar-refractivity contribution in [2.45, 2.75) is 19.3 Å². The molecule has 57 heavy (non-hydrogen) atoms. The molecule has 0 heterocycles. The lowest BCUT2D eigenvalue weighted by Gasteiger charge is -2.35. The second-order valence-corrected chi connectivity index (χ2v) is 16.3. The van der Waals surface area contributed by atoms with E-state index in [4.69, 9.17) is 0 Å². The first-order valence-electron chi connectivity index (χ1n) is 20.1. The first-order chi connectivity index (χ1) is 28.1. The molecule has 0 nitrogen and oxygen atoms in total. The van der Waals surface area contributed by atoms with Crippen LogP contribution in [0.25, 0.3) is 110 Å². The van der Waals surface area contributed by atoms with Crippen LogP contribution in [-0.2, 0) is 5.41 Å². The van der Waals surface area contributed by atoms with E-state index in [-0.39, 0.29) is 5.41 Å². The van der Waals surface area contributed by atoms with Crippen molar-refractivity contribution in [3.8, 4) is 77.9 Å². The summed E-state index contributed by atoms with van der Waals surface area (Å²) >= 11 is 0. The average Bonchev–Trinajstić information content (AvgIpc) is 3.59. The lowest BCUT2D eigenvalue weighted by molar-refractivity contribution is 0.645. The van der Waals surface area contributed by atoms with Crippen molar-refractivity contribution in [1.29, 1.82) is 0 Å². The number of hydrogen-bond donors (Lipinski definition) is 0. The van der Waals surface area contributed by atoms with Gasteiger partial charge in [0.15, 0.2) is 0 Å². The van der Waals surface area contributed by atoms with Gasteiger partial charge in [0.2, 0.25) is 0 Å². The smallest absolute Gasteiger partial charge is 0.0159 e. The van der Waals surface area contributed by atoms with Crippen molar-refractivity contribution in [2.75, 3.05) is 0 Å². The van der Waals surface area contributed by atoms with Gasteiger partial charge >= 0.3 is 0 Å². The standard InChI is InChI=1S/C57H38/c1-57(2)49-29-12-11-22-42(49)44-26-15-25-43-41(30-31-50(57)54(43)44)39-32-38(35-16-5-3-6-17-35)33-40(34-39)53-46-24-10-9-23-45(46)52(37-18-7-4-8-19-37)55-47-27-13-20-36-21-14-28-48(51(36)47)56(53)55/h3-34H,1-2H3. The Hall–Kier alpha value is -7.02. The summed E-state index contributed by atoms with van der Waals surface area (Å²) in [5, 5.41) is 7.83. The molecule has 10 aromatic carbocycles. The van der Waals surface area contributed by atoms with Crippen molar-refractivity contribution in [3.63, 3.8) is 0 Å². The average molecular weight is 723 g/mol. The molecular formula is C57H38. The molecule has 10 aromatic rings. The highest BCUT2D eigenvalue weighted by atomic mass is 14.4. The van der Waals surface area contributed by atoms with Gasteiger partial charge in [-0.2, -0.15) is 0 Å². The van der Waals surface area contributed by atoms with E-state index in [0.717, 1.165) is 0 Å². The van der Waals surface area contributed by atoms with Gasteiger partial charge in [0.25, 0.3) is 0 Å². The summed E-state index contributed by atoms with van der Waals surface area (Å²) in [4.78, 5) is 0. The fraction of sp³-hybridized carbons (Fsp3) is 0.0526. The number of rotatable bonds is 4. The van der Waals surface area contributed by atoms with Crippen LogP contribution in [0.4, 0.5) is 0 Å². The predicted octanol–water partition coefficient (Wildman–Crippen LogP) is 15.8. The molecule has 12 rings (SSSR count). The molecule has 0 atom stereocenters. The first-order valence-corrected chi connectivity index (χ1v) is 20.1. The zero-order valence-electron chi connectivity index (χ0n) is 32.0. The van der Waals surface area contributed by atoms with Gasteiger partial charge in [-0.25, -0.2) is 0 Å². The van der Waals surface area contributed by atoms with Crippen LogP contribution in [0.2, 0.25) is 0 Å². The van der Waals surface area contributed by atoms with Crippen molar-refractivity contribution < 1.29 is 0 Å². The van der Waals surface area contributed by atoms with E-state index >= 15 is 0 Å². The maximum Gasteiger partial charge on any atom is 0.0159 e. The van der Waals surface area contributed by atoms with Crippen LogP contribution in [0, 0.1) is 0 Å². The van der Waals surface area contributed by atoms with Gasteiger partial charge < -0.3 is 0 Å². The van der Waals surface area contributed by atoms with Gasteiger partial charge in [0.1, 0.15) is 0 Å².